The lowest BCUT2D eigenvalue weighted by Crippen LogP contribution is -2.29. The van der Waals surface area contributed by atoms with Gasteiger partial charge in [0.1, 0.15) is 5.01 Å². The van der Waals surface area contributed by atoms with Crippen LogP contribution < -0.4 is 5.46 Å². The molecule has 2 N–H and O–H groups in total. The number of hydrogen-bond acceptors (Lipinski definition) is 5. The smallest absolute Gasteiger partial charge is 0.423 e. The van der Waals surface area contributed by atoms with Crippen molar-refractivity contribution >= 4 is 23.9 Å². The average molecular weight is 282 g/mol. The lowest BCUT2D eigenvalue weighted by Gasteiger charge is -2.00. The topological polar surface area (TPSA) is 66.2 Å². The van der Waals surface area contributed by atoms with Crippen LogP contribution in [0.15, 0.2) is 54.2 Å². The summed E-state index contributed by atoms with van der Waals surface area (Å²) >= 11 is 1.56. The maximum absolute atomic E-state index is 9.07. The first-order valence-electron chi connectivity index (χ1n) is 6.06. The summed E-state index contributed by atoms with van der Waals surface area (Å²) in [5, 5.41) is 21.0. The van der Waals surface area contributed by atoms with Crippen LogP contribution in [-0.2, 0) is 0 Å². The number of hydrogen-bond donors (Lipinski definition) is 2. The van der Waals surface area contributed by atoms with Crippen molar-refractivity contribution in [3.05, 3.63) is 54.2 Å². The standard InChI is InChI=1S/C14H11BN2O2S/c18-15(19)12-5-3-10(4-6-12)13-9-20-14(17-13)11-2-1-7-16-8-11/h1-9,18-19H. The van der Waals surface area contributed by atoms with Crippen LogP contribution in [0.3, 0.4) is 0 Å². The molecule has 20 heavy (non-hydrogen) atoms. The van der Waals surface area contributed by atoms with Crippen LogP contribution in [0.25, 0.3) is 21.8 Å². The van der Waals surface area contributed by atoms with Crippen molar-refractivity contribution in [3.63, 3.8) is 0 Å². The summed E-state index contributed by atoms with van der Waals surface area (Å²) in [6.45, 7) is 0. The first-order valence-corrected chi connectivity index (χ1v) is 6.94. The van der Waals surface area contributed by atoms with Crippen LogP contribution in [0.2, 0.25) is 0 Å². The Morgan fingerprint density at radius 1 is 1.00 bits per heavy atom. The molecule has 0 bridgehead atoms. The summed E-state index contributed by atoms with van der Waals surface area (Å²) in [5.41, 5.74) is 3.27. The van der Waals surface area contributed by atoms with Crippen LogP contribution in [0.4, 0.5) is 0 Å². The Balaban J connectivity index is 1.90. The Hall–Kier alpha value is -2.02. The quantitative estimate of drug-likeness (QED) is 0.715. The Labute approximate surface area is 120 Å². The van der Waals surface area contributed by atoms with Gasteiger partial charge in [0.05, 0.1) is 5.69 Å². The molecule has 0 aliphatic heterocycles. The van der Waals surface area contributed by atoms with E-state index in [0.29, 0.717) is 5.46 Å². The first kappa shape index (κ1) is 13.0. The number of aromatic nitrogens is 2. The number of nitrogens with zero attached hydrogens (tertiary/aromatic N) is 2. The molecule has 2 heterocycles. The van der Waals surface area contributed by atoms with Gasteiger partial charge in [-0.3, -0.25) is 4.98 Å². The predicted octanol–water partition coefficient (Wildman–Crippen LogP) is 1.55. The molecule has 0 spiro atoms. The molecule has 3 aromatic rings. The van der Waals surface area contributed by atoms with Crippen molar-refractivity contribution in [1.82, 2.24) is 9.97 Å². The summed E-state index contributed by atoms with van der Waals surface area (Å²) < 4.78 is 0. The normalized spacial score (nSPS) is 10.5. The minimum atomic E-state index is -1.44. The number of benzene rings is 1. The molecular formula is C14H11BN2O2S. The largest absolute Gasteiger partial charge is 0.488 e. The van der Waals surface area contributed by atoms with Crippen LogP contribution in [-0.4, -0.2) is 27.1 Å². The number of rotatable bonds is 3. The lowest BCUT2D eigenvalue weighted by molar-refractivity contribution is 0.426. The maximum Gasteiger partial charge on any atom is 0.488 e. The molecule has 3 rings (SSSR count). The van der Waals surface area contributed by atoms with Gasteiger partial charge in [-0.15, -0.1) is 11.3 Å². The van der Waals surface area contributed by atoms with Crippen molar-refractivity contribution in [1.29, 1.82) is 0 Å². The minimum absolute atomic E-state index is 0.469. The molecule has 1 aromatic carbocycles. The van der Waals surface area contributed by atoms with Crippen molar-refractivity contribution in [2.75, 3.05) is 0 Å². The molecule has 0 saturated carbocycles. The van der Waals surface area contributed by atoms with E-state index < -0.39 is 7.12 Å². The van der Waals surface area contributed by atoms with Crippen molar-refractivity contribution in [3.8, 4) is 21.8 Å². The third-order valence-corrected chi connectivity index (χ3v) is 3.81. The molecule has 0 radical (unpaired) electrons. The SMILES string of the molecule is OB(O)c1ccc(-c2csc(-c3cccnc3)n2)cc1. The van der Waals surface area contributed by atoms with Gasteiger partial charge in [0.2, 0.25) is 0 Å². The van der Waals surface area contributed by atoms with Gasteiger partial charge in [0.25, 0.3) is 0 Å². The van der Waals surface area contributed by atoms with Crippen molar-refractivity contribution < 1.29 is 10.0 Å². The van der Waals surface area contributed by atoms with E-state index in [-0.39, 0.29) is 0 Å². The second kappa shape index (κ2) is 5.54. The molecule has 0 fully saturated rings. The van der Waals surface area contributed by atoms with E-state index in [1.165, 1.54) is 0 Å². The Morgan fingerprint density at radius 2 is 1.80 bits per heavy atom. The van der Waals surface area contributed by atoms with Gasteiger partial charge in [-0.05, 0) is 17.6 Å². The highest BCUT2D eigenvalue weighted by Gasteiger charge is 2.11. The van der Waals surface area contributed by atoms with Gasteiger partial charge in [-0.1, -0.05) is 24.3 Å². The third kappa shape index (κ3) is 2.62. The van der Waals surface area contributed by atoms with Gasteiger partial charge in [0, 0.05) is 28.9 Å². The summed E-state index contributed by atoms with van der Waals surface area (Å²) in [6.07, 6.45) is 3.52. The highest BCUT2D eigenvalue weighted by Crippen LogP contribution is 2.27. The lowest BCUT2D eigenvalue weighted by atomic mass is 9.80. The van der Waals surface area contributed by atoms with E-state index >= 15 is 0 Å². The summed E-state index contributed by atoms with van der Waals surface area (Å²) in [7, 11) is -1.44. The molecule has 4 nitrogen and oxygen atoms in total. The molecule has 0 unspecified atom stereocenters. The van der Waals surface area contributed by atoms with Crippen molar-refractivity contribution in [2.45, 2.75) is 0 Å². The fraction of sp³-hybridized carbons (Fsp3) is 0. The summed E-state index contributed by atoms with van der Waals surface area (Å²) in [6, 6.07) is 10.9. The Morgan fingerprint density at radius 3 is 2.45 bits per heavy atom. The zero-order valence-corrected chi connectivity index (χ0v) is 11.3. The van der Waals surface area contributed by atoms with Gasteiger partial charge < -0.3 is 10.0 Å². The van der Waals surface area contributed by atoms with E-state index in [4.69, 9.17) is 10.0 Å². The molecule has 6 heteroatoms. The monoisotopic (exact) mass is 282 g/mol. The van der Waals surface area contributed by atoms with E-state index in [1.807, 2.05) is 29.6 Å². The van der Waals surface area contributed by atoms with Crippen LogP contribution in [0.1, 0.15) is 0 Å². The highest BCUT2D eigenvalue weighted by molar-refractivity contribution is 7.13. The van der Waals surface area contributed by atoms with Gasteiger partial charge in [0.15, 0.2) is 0 Å². The highest BCUT2D eigenvalue weighted by atomic mass is 32.1. The molecule has 0 amide bonds. The van der Waals surface area contributed by atoms with Gasteiger partial charge >= 0.3 is 7.12 Å². The van der Waals surface area contributed by atoms with Gasteiger partial charge in [-0.2, -0.15) is 0 Å². The molecule has 0 atom stereocenters. The van der Waals surface area contributed by atoms with Crippen LogP contribution in [0.5, 0.6) is 0 Å². The maximum atomic E-state index is 9.07. The molecular weight excluding hydrogens is 271 g/mol. The third-order valence-electron chi connectivity index (χ3n) is 2.92. The molecule has 0 aliphatic rings. The number of pyridine rings is 1. The fourth-order valence-corrected chi connectivity index (χ4v) is 2.67. The molecule has 0 saturated heterocycles. The van der Waals surface area contributed by atoms with Crippen molar-refractivity contribution in [2.24, 2.45) is 0 Å². The second-order valence-electron chi connectivity index (χ2n) is 4.28. The van der Waals surface area contributed by atoms with Crippen LogP contribution >= 0.6 is 11.3 Å². The molecule has 98 valence electrons. The molecule has 0 aliphatic carbocycles. The van der Waals surface area contributed by atoms with E-state index in [1.54, 1.807) is 35.9 Å². The Kier molecular flexibility index (Phi) is 3.60. The summed E-state index contributed by atoms with van der Waals surface area (Å²) in [5.74, 6) is 0. The van der Waals surface area contributed by atoms with E-state index in [9.17, 15) is 0 Å². The second-order valence-corrected chi connectivity index (χ2v) is 5.13. The predicted molar refractivity (Wildman–Crippen MR) is 80.6 cm³/mol. The average Bonchev–Trinajstić information content (AvgIpc) is 2.98. The van der Waals surface area contributed by atoms with Crippen LogP contribution in [0, 0.1) is 0 Å². The number of thiazole rings is 1. The zero-order valence-electron chi connectivity index (χ0n) is 10.5. The van der Waals surface area contributed by atoms with Gasteiger partial charge in [-0.25, -0.2) is 4.98 Å². The fourth-order valence-electron chi connectivity index (χ4n) is 1.85. The Bertz CT molecular complexity index is 699. The van der Waals surface area contributed by atoms with E-state index in [0.717, 1.165) is 21.8 Å². The first-order chi connectivity index (χ1) is 9.74. The van der Waals surface area contributed by atoms with E-state index in [2.05, 4.69) is 9.97 Å². The molecule has 2 aromatic heterocycles. The zero-order chi connectivity index (χ0) is 13.9. The summed E-state index contributed by atoms with van der Waals surface area (Å²) in [4.78, 5) is 8.66. The minimum Gasteiger partial charge on any atom is -0.423 e.